The molecule has 3 heterocycles. The van der Waals surface area contributed by atoms with Crippen molar-refractivity contribution in [3.05, 3.63) is 46.8 Å². The van der Waals surface area contributed by atoms with Crippen molar-refractivity contribution in [3.63, 3.8) is 0 Å². The van der Waals surface area contributed by atoms with Gasteiger partial charge in [0.1, 0.15) is 17.1 Å². The smallest absolute Gasteiger partial charge is 0.267 e. The van der Waals surface area contributed by atoms with Gasteiger partial charge in [-0.25, -0.2) is 19.6 Å². The number of hydrogen-bond acceptors (Lipinski definition) is 4. The maximum atomic E-state index is 13.2. The van der Waals surface area contributed by atoms with Crippen LogP contribution in [0.25, 0.3) is 16.9 Å². The molecule has 3 rings (SSSR count). The van der Waals surface area contributed by atoms with Crippen LogP contribution in [0.15, 0.2) is 35.5 Å². The number of nitrogens with zero attached hydrogens (tertiary/aromatic N) is 4. The van der Waals surface area contributed by atoms with E-state index < -0.39 is 17.2 Å². The van der Waals surface area contributed by atoms with Gasteiger partial charge >= 0.3 is 6.18 Å². The Hall–Kier alpha value is -2.71. The van der Waals surface area contributed by atoms with Crippen molar-refractivity contribution in [1.29, 1.82) is 0 Å². The minimum Gasteiger partial charge on any atom is -0.267 e. The fraction of sp³-hybridized carbons (Fsp3) is 0.286. The van der Waals surface area contributed by atoms with Crippen LogP contribution in [0.5, 0.6) is 0 Å². The topological polar surface area (TPSA) is 76.5 Å². The summed E-state index contributed by atoms with van der Waals surface area (Å²) >= 11 is 0. The number of halogens is 3. The molecule has 0 spiro atoms. The number of nitrogens with one attached hydrogen (secondary N) is 1. The largest absolute Gasteiger partial charge is 0.399 e. The lowest BCUT2D eigenvalue weighted by Gasteiger charge is -2.27. The summed E-state index contributed by atoms with van der Waals surface area (Å²) in [7, 11) is 0. The van der Waals surface area contributed by atoms with Crippen molar-refractivity contribution >= 4 is 11.0 Å². The molecule has 1 N–H and O–H groups in total. The average molecular weight is 323 g/mol. The van der Waals surface area contributed by atoms with Crippen LogP contribution < -0.4 is 5.56 Å². The number of aromatic nitrogens is 5. The molecular weight excluding hydrogens is 311 g/mol. The summed E-state index contributed by atoms with van der Waals surface area (Å²) in [6.45, 7) is 2.11. The molecule has 6 nitrogen and oxygen atoms in total. The first-order valence-corrected chi connectivity index (χ1v) is 6.67. The first kappa shape index (κ1) is 15.2. The number of pyridine rings is 1. The molecule has 0 aliphatic heterocycles. The second-order valence-corrected chi connectivity index (χ2v) is 5.54. The van der Waals surface area contributed by atoms with Gasteiger partial charge in [-0.3, -0.25) is 9.89 Å². The molecule has 3 aromatic rings. The molecule has 0 bridgehead atoms. The van der Waals surface area contributed by atoms with E-state index >= 15 is 0 Å². The summed E-state index contributed by atoms with van der Waals surface area (Å²) in [5.74, 6) is 0.144. The highest BCUT2D eigenvalue weighted by atomic mass is 19.4. The molecule has 0 amide bonds. The SMILES string of the molecule is CC(C)(c1cccc(-n2[nH]c(=O)c3cncnc32)n1)C(F)(F)F. The highest BCUT2D eigenvalue weighted by Crippen LogP contribution is 2.39. The van der Waals surface area contributed by atoms with E-state index in [9.17, 15) is 18.0 Å². The van der Waals surface area contributed by atoms with E-state index in [0.29, 0.717) is 0 Å². The Kier molecular flexibility index (Phi) is 3.24. The predicted molar refractivity (Wildman–Crippen MR) is 76.4 cm³/mol. The molecule has 0 aliphatic carbocycles. The third kappa shape index (κ3) is 2.37. The highest BCUT2D eigenvalue weighted by Gasteiger charge is 2.49. The number of alkyl halides is 3. The van der Waals surface area contributed by atoms with Gasteiger partial charge in [-0.15, -0.1) is 0 Å². The Balaban J connectivity index is 2.19. The summed E-state index contributed by atoms with van der Waals surface area (Å²) in [6, 6.07) is 4.25. The minimum atomic E-state index is -4.45. The Labute approximate surface area is 128 Å². The van der Waals surface area contributed by atoms with E-state index in [1.807, 2.05) is 0 Å². The molecule has 0 aliphatic rings. The molecule has 0 aromatic carbocycles. The fourth-order valence-corrected chi connectivity index (χ4v) is 2.08. The molecule has 9 heteroatoms. The summed E-state index contributed by atoms with van der Waals surface area (Å²) in [5.41, 5.74) is -2.47. The number of fused-ring (bicyclic) bond motifs is 1. The molecule has 0 fully saturated rings. The van der Waals surface area contributed by atoms with Gasteiger partial charge < -0.3 is 0 Å². The van der Waals surface area contributed by atoms with E-state index in [4.69, 9.17) is 0 Å². The van der Waals surface area contributed by atoms with Crippen LogP contribution in [0, 0.1) is 0 Å². The Morgan fingerprint density at radius 1 is 1.22 bits per heavy atom. The molecule has 0 saturated carbocycles. The van der Waals surface area contributed by atoms with Crippen molar-refractivity contribution in [1.82, 2.24) is 24.7 Å². The van der Waals surface area contributed by atoms with Crippen molar-refractivity contribution < 1.29 is 13.2 Å². The van der Waals surface area contributed by atoms with Crippen molar-refractivity contribution in [2.24, 2.45) is 0 Å². The van der Waals surface area contributed by atoms with Crippen molar-refractivity contribution in [2.45, 2.75) is 25.4 Å². The van der Waals surface area contributed by atoms with Gasteiger partial charge in [0.25, 0.3) is 5.56 Å². The molecular formula is C14H12F3N5O. The maximum absolute atomic E-state index is 13.2. The van der Waals surface area contributed by atoms with Crippen LogP contribution >= 0.6 is 0 Å². The number of hydrogen-bond donors (Lipinski definition) is 1. The Morgan fingerprint density at radius 2 is 1.96 bits per heavy atom. The maximum Gasteiger partial charge on any atom is 0.399 e. The predicted octanol–water partition coefficient (Wildman–Crippen LogP) is 2.34. The van der Waals surface area contributed by atoms with Crippen LogP contribution in [0.1, 0.15) is 19.5 Å². The zero-order chi connectivity index (χ0) is 16.8. The van der Waals surface area contributed by atoms with Crippen molar-refractivity contribution in [2.75, 3.05) is 0 Å². The van der Waals surface area contributed by atoms with Gasteiger partial charge in [-0.2, -0.15) is 13.2 Å². The fourth-order valence-electron chi connectivity index (χ4n) is 2.08. The van der Waals surface area contributed by atoms with Crippen LogP contribution in [-0.2, 0) is 5.41 Å². The highest BCUT2D eigenvalue weighted by molar-refractivity contribution is 5.74. The molecule has 0 atom stereocenters. The monoisotopic (exact) mass is 323 g/mol. The first-order chi connectivity index (χ1) is 10.7. The number of aromatic amines is 1. The minimum absolute atomic E-state index is 0.144. The van der Waals surface area contributed by atoms with Crippen LogP contribution in [0.3, 0.4) is 0 Å². The van der Waals surface area contributed by atoms with E-state index in [-0.39, 0.29) is 22.5 Å². The van der Waals surface area contributed by atoms with Crippen molar-refractivity contribution in [3.8, 4) is 5.82 Å². The summed E-state index contributed by atoms with van der Waals surface area (Å²) in [5, 5.41) is 2.73. The zero-order valence-corrected chi connectivity index (χ0v) is 12.2. The summed E-state index contributed by atoms with van der Waals surface area (Å²) in [6.07, 6.45) is -1.87. The zero-order valence-electron chi connectivity index (χ0n) is 12.2. The van der Waals surface area contributed by atoms with Gasteiger partial charge in [-0.1, -0.05) is 6.07 Å². The van der Waals surface area contributed by atoms with Gasteiger partial charge in [0.2, 0.25) is 0 Å². The first-order valence-electron chi connectivity index (χ1n) is 6.67. The standard InChI is InChI=1S/C14H12F3N5O/c1-13(2,14(15,16)17)9-4-3-5-10(20-9)22-11-8(12(23)21-22)6-18-7-19-11/h3-7H,1-2H3,(H,21,23). The summed E-state index contributed by atoms with van der Waals surface area (Å²) in [4.78, 5) is 23.6. The van der Waals surface area contributed by atoms with Crippen LogP contribution in [-0.4, -0.2) is 30.9 Å². The van der Waals surface area contributed by atoms with E-state index in [0.717, 1.165) is 13.8 Å². The van der Waals surface area contributed by atoms with Gasteiger partial charge in [0.15, 0.2) is 11.5 Å². The van der Waals surface area contributed by atoms with E-state index in [1.54, 1.807) is 0 Å². The van der Waals surface area contributed by atoms with E-state index in [1.165, 1.54) is 35.4 Å². The third-order valence-electron chi connectivity index (χ3n) is 3.67. The Bertz CT molecular complexity index is 926. The second-order valence-electron chi connectivity index (χ2n) is 5.54. The summed E-state index contributed by atoms with van der Waals surface area (Å²) < 4.78 is 40.8. The van der Waals surface area contributed by atoms with Gasteiger partial charge in [-0.05, 0) is 26.0 Å². The molecule has 3 aromatic heterocycles. The molecule has 0 unspecified atom stereocenters. The number of H-pyrrole nitrogens is 1. The van der Waals surface area contributed by atoms with Crippen LogP contribution in [0.2, 0.25) is 0 Å². The average Bonchev–Trinajstić information content (AvgIpc) is 2.84. The quantitative estimate of drug-likeness (QED) is 0.785. The van der Waals surface area contributed by atoms with Gasteiger partial charge in [0, 0.05) is 6.20 Å². The normalized spacial score (nSPS) is 12.7. The molecule has 23 heavy (non-hydrogen) atoms. The van der Waals surface area contributed by atoms with E-state index in [2.05, 4.69) is 20.1 Å². The number of rotatable bonds is 2. The lowest BCUT2D eigenvalue weighted by atomic mass is 9.88. The lowest BCUT2D eigenvalue weighted by Crippen LogP contribution is -2.37. The second kappa shape index (κ2) is 4.90. The van der Waals surface area contributed by atoms with Crippen LogP contribution in [0.4, 0.5) is 13.2 Å². The Morgan fingerprint density at radius 3 is 2.65 bits per heavy atom. The molecule has 0 radical (unpaired) electrons. The molecule has 120 valence electrons. The third-order valence-corrected chi connectivity index (χ3v) is 3.67. The van der Waals surface area contributed by atoms with Gasteiger partial charge in [0.05, 0.1) is 5.69 Å². The molecule has 0 saturated heterocycles. The lowest BCUT2D eigenvalue weighted by molar-refractivity contribution is -0.181.